The van der Waals surface area contributed by atoms with Gasteiger partial charge < -0.3 is 15.7 Å². The number of hydrogen-bond acceptors (Lipinski definition) is 3. The number of rotatable bonds is 3. The third-order valence-corrected chi connectivity index (χ3v) is 2.66. The number of anilines is 1. The maximum Gasteiger partial charge on any atom is 0.319 e. The van der Waals surface area contributed by atoms with Crippen LogP contribution in [0.15, 0.2) is 36.7 Å². The predicted molar refractivity (Wildman–Crippen MR) is 64.5 cm³/mol. The van der Waals surface area contributed by atoms with E-state index in [1.165, 1.54) is 0 Å². The fourth-order valence-corrected chi connectivity index (χ4v) is 1.79. The number of amides is 2. The Bertz CT molecular complexity index is 405. The molecule has 0 aliphatic heterocycles. The molecule has 1 aromatic heterocycles. The molecule has 0 saturated heterocycles. The highest BCUT2D eigenvalue weighted by Crippen LogP contribution is 2.17. The Balaban J connectivity index is 1.81. The van der Waals surface area contributed by atoms with Gasteiger partial charge in [0.05, 0.1) is 0 Å². The largest absolute Gasteiger partial charge is 0.396 e. The fourth-order valence-electron chi connectivity index (χ4n) is 1.79. The molecule has 3 N–H and O–H groups in total. The molecular formula is C12H15N3O2. The molecule has 0 radical (unpaired) electrons. The normalized spacial score (nSPS) is 22.4. The monoisotopic (exact) mass is 233 g/mol. The lowest BCUT2D eigenvalue weighted by Gasteiger charge is -2.13. The molecular weight excluding hydrogens is 218 g/mol. The van der Waals surface area contributed by atoms with Crippen LogP contribution in [-0.4, -0.2) is 28.8 Å². The van der Waals surface area contributed by atoms with Gasteiger partial charge in [0, 0.05) is 36.6 Å². The number of nitrogens with one attached hydrogen (secondary N) is 2. The zero-order valence-corrected chi connectivity index (χ0v) is 9.34. The topological polar surface area (TPSA) is 74.2 Å². The standard InChI is InChI=1S/C12H15N3O2/c16-8-9-1-2-11(7-9)15-12(17)14-10-3-5-13-6-4-10/h1-6,9,11,16H,7-8H2,(H2,13,14,15,17)/t9-,11+/m0/s1. The van der Waals surface area contributed by atoms with Crippen LogP contribution in [0.4, 0.5) is 10.5 Å². The summed E-state index contributed by atoms with van der Waals surface area (Å²) in [6, 6.07) is 3.19. The Hall–Kier alpha value is -1.88. The summed E-state index contributed by atoms with van der Waals surface area (Å²) in [5.41, 5.74) is 0.707. The molecule has 0 bridgehead atoms. The summed E-state index contributed by atoms with van der Waals surface area (Å²) in [6.45, 7) is 0.126. The molecule has 1 heterocycles. The molecule has 1 aliphatic rings. The van der Waals surface area contributed by atoms with E-state index in [0.717, 1.165) is 6.42 Å². The Morgan fingerprint density at radius 3 is 2.82 bits per heavy atom. The number of carbonyl (C=O) groups is 1. The van der Waals surface area contributed by atoms with Crippen molar-refractivity contribution in [2.24, 2.45) is 5.92 Å². The maximum atomic E-state index is 11.6. The molecule has 90 valence electrons. The van der Waals surface area contributed by atoms with E-state index in [9.17, 15) is 4.79 Å². The first-order valence-electron chi connectivity index (χ1n) is 5.54. The second-order valence-electron chi connectivity index (χ2n) is 4.00. The van der Waals surface area contributed by atoms with Crippen LogP contribution in [0.5, 0.6) is 0 Å². The highest BCUT2D eigenvalue weighted by atomic mass is 16.3. The van der Waals surface area contributed by atoms with Crippen LogP contribution >= 0.6 is 0 Å². The van der Waals surface area contributed by atoms with Crippen molar-refractivity contribution in [2.45, 2.75) is 12.5 Å². The van der Waals surface area contributed by atoms with E-state index in [4.69, 9.17) is 5.11 Å². The molecule has 0 unspecified atom stereocenters. The molecule has 5 heteroatoms. The van der Waals surface area contributed by atoms with Crippen molar-refractivity contribution in [3.63, 3.8) is 0 Å². The highest BCUT2D eigenvalue weighted by Gasteiger charge is 2.19. The summed E-state index contributed by atoms with van der Waals surface area (Å²) in [7, 11) is 0. The third kappa shape index (κ3) is 3.29. The van der Waals surface area contributed by atoms with E-state index in [-0.39, 0.29) is 24.6 Å². The predicted octanol–water partition coefficient (Wildman–Crippen LogP) is 1.14. The number of nitrogens with zero attached hydrogens (tertiary/aromatic N) is 1. The van der Waals surface area contributed by atoms with Crippen LogP contribution in [-0.2, 0) is 0 Å². The van der Waals surface area contributed by atoms with Gasteiger partial charge in [0.25, 0.3) is 0 Å². The van der Waals surface area contributed by atoms with Crippen LogP contribution < -0.4 is 10.6 Å². The first-order chi connectivity index (χ1) is 8.28. The Morgan fingerprint density at radius 1 is 1.41 bits per heavy atom. The van der Waals surface area contributed by atoms with Gasteiger partial charge in [-0.2, -0.15) is 0 Å². The number of hydrogen-bond donors (Lipinski definition) is 3. The molecule has 1 aromatic rings. The van der Waals surface area contributed by atoms with E-state index in [0.29, 0.717) is 5.69 Å². The first-order valence-corrected chi connectivity index (χ1v) is 5.54. The van der Waals surface area contributed by atoms with Crippen molar-refractivity contribution >= 4 is 11.7 Å². The van der Waals surface area contributed by atoms with Gasteiger partial charge >= 0.3 is 6.03 Å². The zero-order valence-electron chi connectivity index (χ0n) is 9.34. The molecule has 0 aromatic carbocycles. The lowest BCUT2D eigenvalue weighted by molar-refractivity contribution is 0.238. The number of aliphatic hydroxyl groups is 1. The first kappa shape index (κ1) is 11.6. The van der Waals surface area contributed by atoms with E-state index in [1.54, 1.807) is 24.5 Å². The van der Waals surface area contributed by atoms with Gasteiger partial charge in [0.1, 0.15) is 0 Å². The summed E-state index contributed by atoms with van der Waals surface area (Å²) in [5, 5.41) is 14.5. The molecule has 1 aliphatic carbocycles. The van der Waals surface area contributed by atoms with Gasteiger partial charge in [-0.05, 0) is 18.6 Å². The summed E-state index contributed by atoms with van der Waals surface area (Å²) in [4.78, 5) is 15.5. The van der Waals surface area contributed by atoms with Crippen LogP contribution in [0, 0.1) is 5.92 Å². The zero-order chi connectivity index (χ0) is 12.1. The molecule has 0 fully saturated rings. The molecule has 2 atom stereocenters. The number of pyridine rings is 1. The van der Waals surface area contributed by atoms with Crippen LogP contribution in [0.25, 0.3) is 0 Å². The molecule has 2 rings (SSSR count). The van der Waals surface area contributed by atoms with Crippen LogP contribution in [0.3, 0.4) is 0 Å². The smallest absolute Gasteiger partial charge is 0.319 e. The number of aromatic nitrogens is 1. The minimum absolute atomic E-state index is 0.00557. The average molecular weight is 233 g/mol. The van der Waals surface area contributed by atoms with Gasteiger partial charge in [-0.25, -0.2) is 4.79 Å². The minimum atomic E-state index is -0.246. The lowest BCUT2D eigenvalue weighted by atomic mass is 10.1. The molecule has 0 spiro atoms. The summed E-state index contributed by atoms with van der Waals surface area (Å²) < 4.78 is 0. The number of urea groups is 1. The van der Waals surface area contributed by atoms with Gasteiger partial charge in [-0.3, -0.25) is 4.98 Å². The van der Waals surface area contributed by atoms with Crippen molar-refractivity contribution in [1.29, 1.82) is 0 Å². The number of carbonyl (C=O) groups excluding carboxylic acids is 1. The maximum absolute atomic E-state index is 11.6. The quantitative estimate of drug-likeness (QED) is 0.685. The fraction of sp³-hybridized carbons (Fsp3) is 0.333. The van der Waals surface area contributed by atoms with Crippen molar-refractivity contribution in [1.82, 2.24) is 10.3 Å². The number of aliphatic hydroxyl groups excluding tert-OH is 1. The molecule has 2 amide bonds. The minimum Gasteiger partial charge on any atom is -0.396 e. The molecule has 5 nitrogen and oxygen atoms in total. The second-order valence-corrected chi connectivity index (χ2v) is 4.00. The lowest BCUT2D eigenvalue weighted by Crippen LogP contribution is -2.36. The van der Waals surface area contributed by atoms with E-state index in [2.05, 4.69) is 15.6 Å². The van der Waals surface area contributed by atoms with Crippen LogP contribution in [0.1, 0.15) is 6.42 Å². The average Bonchev–Trinajstić information content (AvgIpc) is 2.78. The van der Waals surface area contributed by atoms with E-state index >= 15 is 0 Å². The summed E-state index contributed by atoms with van der Waals surface area (Å²) in [6.07, 6.45) is 7.82. The third-order valence-electron chi connectivity index (χ3n) is 2.66. The van der Waals surface area contributed by atoms with Gasteiger partial charge in [0.2, 0.25) is 0 Å². The summed E-state index contributed by atoms with van der Waals surface area (Å²) in [5.74, 6) is 0.154. The Morgan fingerprint density at radius 2 is 2.18 bits per heavy atom. The Kier molecular flexibility index (Phi) is 3.72. The van der Waals surface area contributed by atoms with Crippen molar-refractivity contribution in [2.75, 3.05) is 11.9 Å². The second kappa shape index (κ2) is 5.45. The van der Waals surface area contributed by atoms with Gasteiger partial charge in [-0.15, -0.1) is 0 Å². The molecule has 0 saturated carbocycles. The Labute approximate surface area is 99.6 Å². The van der Waals surface area contributed by atoms with E-state index < -0.39 is 0 Å². The molecule has 17 heavy (non-hydrogen) atoms. The van der Waals surface area contributed by atoms with Crippen molar-refractivity contribution in [3.05, 3.63) is 36.7 Å². The summed E-state index contributed by atoms with van der Waals surface area (Å²) >= 11 is 0. The van der Waals surface area contributed by atoms with Gasteiger partial charge in [0.15, 0.2) is 0 Å². The van der Waals surface area contributed by atoms with Crippen LogP contribution in [0.2, 0.25) is 0 Å². The SMILES string of the molecule is O=C(Nc1ccncc1)N[C@@H]1C=C[C@H](CO)C1. The van der Waals surface area contributed by atoms with E-state index in [1.807, 2.05) is 12.2 Å². The van der Waals surface area contributed by atoms with Crippen molar-refractivity contribution in [3.8, 4) is 0 Å². The van der Waals surface area contributed by atoms with Crippen molar-refractivity contribution < 1.29 is 9.90 Å². The van der Waals surface area contributed by atoms with Gasteiger partial charge in [-0.1, -0.05) is 12.2 Å². The highest BCUT2D eigenvalue weighted by molar-refractivity contribution is 5.89.